The van der Waals surface area contributed by atoms with Crippen LogP contribution in [0, 0.1) is 0 Å². The van der Waals surface area contributed by atoms with Gasteiger partial charge in [-0.1, -0.05) is 30.3 Å². The molecule has 2 aromatic carbocycles. The zero-order valence-electron chi connectivity index (χ0n) is 16.9. The van der Waals surface area contributed by atoms with Gasteiger partial charge in [-0.3, -0.25) is 4.79 Å². The van der Waals surface area contributed by atoms with E-state index in [1.54, 1.807) is 0 Å². The molecule has 0 fully saturated rings. The molecule has 0 saturated heterocycles. The van der Waals surface area contributed by atoms with E-state index in [-0.39, 0.29) is 5.91 Å². The maximum atomic E-state index is 12.4. The Hall–Kier alpha value is -3.41. The molecule has 29 heavy (non-hydrogen) atoms. The maximum absolute atomic E-state index is 12.4. The van der Waals surface area contributed by atoms with Gasteiger partial charge in [-0.25, -0.2) is 9.97 Å². The van der Waals surface area contributed by atoms with Gasteiger partial charge in [0.1, 0.15) is 0 Å². The number of nitrogens with one attached hydrogen (secondary N) is 2. The Bertz CT molecular complexity index is 891. The monoisotopic (exact) mass is 389 g/mol. The highest BCUT2D eigenvalue weighted by atomic mass is 16.1. The molecule has 2 N–H and O–H groups in total. The van der Waals surface area contributed by atoms with Gasteiger partial charge in [0.2, 0.25) is 5.95 Å². The summed E-state index contributed by atoms with van der Waals surface area (Å²) in [5.41, 5.74) is 3.56. The van der Waals surface area contributed by atoms with Crippen molar-refractivity contribution in [2.24, 2.45) is 0 Å². The molecule has 3 rings (SSSR count). The fraction of sp³-hybridized carbons (Fsp3) is 0.261. The summed E-state index contributed by atoms with van der Waals surface area (Å²) >= 11 is 0. The van der Waals surface area contributed by atoms with E-state index in [2.05, 4.69) is 51.5 Å². The summed E-state index contributed by atoms with van der Waals surface area (Å²) in [4.78, 5) is 23.2. The number of hydrogen-bond acceptors (Lipinski definition) is 5. The van der Waals surface area contributed by atoms with Crippen LogP contribution < -0.4 is 15.5 Å². The predicted molar refractivity (Wildman–Crippen MR) is 119 cm³/mol. The molecule has 3 aromatic rings. The van der Waals surface area contributed by atoms with E-state index in [0.29, 0.717) is 11.5 Å². The van der Waals surface area contributed by atoms with Crippen LogP contribution in [-0.2, 0) is 6.42 Å². The third-order valence-corrected chi connectivity index (χ3v) is 4.71. The zero-order valence-corrected chi connectivity index (χ0v) is 16.9. The molecule has 0 aliphatic rings. The highest BCUT2D eigenvalue weighted by Crippen LogP contribution is 2.18. The van der Waals surface area contributed by atoms with E-state index in [1.165, 1.54) is 18.0 Å². The lowest BCUT2D eigenvalue weighted by molar-refractivity contribution is 0.102. The summed E-state index contributed by atoms with van der Waals surface area (Å²) in [7, 11) is 0. The number of carbonyl (C=O) groups is 1. The molecule has 0 unspecified atom stereocenters. The van der Waals surface area contributed by atoms with Gasteiger partial charge in [-0.05, 0) is 50.1 Å². The van der Waals surface area contributed by atoms with Gasteiger partial charge in [-0.2, -0.15) is 0 Å². The minimum absolute atomic E-state index is 0.226. The number of rotatable bonds is 9. The second kappa shape index (κ2) is 10.2. The van der Waals surface area contributed by atoms with Crippen molar-refractivity contribution in [3.05, 3.63) is 78.1 Å². The largest absolute Gasteiger partial charge is 0.372 e. The standard InChI is InChI=1S/C23H27N5O/c1-3-28(4-2)21-12-10-20(11-13-21)27-22(29)19-16-25-23(26-17-19)24-15-14-18-8-6-5-7-9-18/h5-13,16-17H,3-4,14-15H2,1-2H3,(H,27,29)(H,24,25,26). The van der Waals surface area contributed by atoms with Crippen molar-refractivity contribution >= 4 is 23.2 Å². The van der Waals surface area contributed by atoms with E-state index in [4.69, 9.17) is 0 Å². The molecule has 0 atom stereocenters. The van der Waals surface area contributed by atoms with Gasteiger partial charge in [0.25, 0.3) is 5.91 Å². The first-order valence-corrected chi connectivity index (χ1v) is 9.95. The minimum atomic E-state index is -0.226. The molecular formula is C23H27N5O. The molecule has 1 aromatic heterocycles. The van der Waals surface area contributed by atoms with Crippen molar-refractivity contribution < 1.29 is 4.79 Å². The molecule has 150 valence electrons. The quantitative estimate of drug-likeness (QED) is 0.573. The van der Waals surface area contributed by atoms with Crippen LogP contribution in [0.2, 0.25) is 0 Å². The zero-order chi connectivity index (χ0) is 20.5. The molecule has 1 heterocycles. The van der Waals surface area contributed by atoms with E-state index < -0.39 is 0 Å². The average Bonchev–Trinajstić information content (AvgIpc) is 2.77. The van der Waals surface area contributed by atoms with Crippen molar-refractivity contribution in [3.8, 4) is 0 Å². The van der Waals surface area contributed by atoms with E-state index in [1.807, 2.05) is 42.5 Å². The Morgan fingerprint density at radius 3 is 2.21 bits per heavy atom. The molecule has 6 nitrogen and oxygen atoms in total. The lowest BCUT2D eigenvalue weighted by Gasteiger charge is -2.21. The summed E-state index contributed by atoms with van der Waals surface area (Å²) in [5.74, 6) is 0.289. The first-order chi connectivity index (χ1) is 14.2. The van der Waals surface area contributed by atoms with E-state index in [9.17, 15) is 4.79 Å². The van der Waals surface area contributed by atoms with Gasteiger partial charge in [0, 0.05) is 43.4 Å². The number of benzene rings is 2. The van der Waals surface area contributed by atoms with Crippen LogP contribution >= 0.6 is 0 Å². The Balaban J connectivity index is 1.52. The topological polar surface area (TPSA) is 70.2 Å². The first-order valence-electron chi connectivity index (χ1n) is 9.95. The summed E-state index contributed by atoms with van der Waals surface area (Å²) in [6.07, 6.45) is 3.96. The van der Waals surface area contributed by atoms with E-state index >= 15 is 0 Å². The van der Waals surface area contributed by atoms with Gasteiger partial charge in [0.15, 0.2) is 0 Å². The van der Waals surface area contributed by atoms with Crippen molar-refractivity contribution in [2.45, 2.75) is 20.3 Å². The van der Waals surface area contributed by atoms with Crippen LogP contribution in [0.25, 0.3) is 0 Å². The SMILES string of the molecule is CCN(CC)c1ccc(NC(=O)c2cnc(NCCc3ccccc3)nc2)cc1. The molecule has 1 amide bonds. The lowest BCUT2D eigenvalue weighted by Crippen LogP contribution is -2.21. The summed E-state index contributed by atoms with van der Waals surface area (Å²) in [6.45, 7) is 6.88. The average molecular weight is 390 g/mol. The van der Waals surface area contributed by atoms with Crippen LogP contribution in [0.15, 0.2) is 67.0 Å². The van der Waals surface area contributed by atoms with Crippen LogP contribution in [0.4, 0.5) is 17.3 Å². The van der Waals surface area contributed by atoms with E-state index in [0.717, 1.165) is 37.4 Å². The lowest BCUT2D eigenvalue weighted by atomic mass is 10.1. The highest BCUT2D eigenvalue weighted by Gasteiger charge is 2.08. The van der Waals surface area contributed by atoms with Crippen molar-refractivity contribution in [1.82, 2.24) is 9.97 Å². The smallest absolute Gasteiger partial charge is 0.258 e. The molecule has 0 radical (unpaired) electrons. The normalized spacial score (nSPS) is 10.4. The van der Waals surface area contributed by atoms with Gasteiger partial charge in [0.05, 0.1) is 5.56 Å². The van der Waals surface area contributed by atoms with Crippen LogP contribution in [-0.4, -0.2) is 35.5 Å². The van der Waals surface area contributed by atoms with Crippen molar-refractivity contribution in [1.29, 1.82) is 0 Å². The molecule has 0 bridgehead atoms. The fourth-order valence-corrected chi connectivity index (χ4v) is 3.05. The number of nitrogens with zero attached hydrogens (tertiary/aromatic N) is 3. The molecular weight excluding hydrogens is 362 g/mol. The minimum Gasteiger partial charge on any atom is -0.372 e. The number of aromatic nitrogens is 2. The van der Waals surface area contributed by atoms with Crippen molar-refractivity contribution in [3.63, 3.8) is 0 Å². The predicted octanol–water partition coefficient (Wildman–Crippen LogP) is 4.23. The molecule has 0 aliphatic carbocycles. The maximum Gasteiger partial charge on any atom is 0.258 e. The number of carbonyl (C=O) groups excluding carboxylic acids is 1. The molecule has 0 aliphatic heterocycles. The number of anilines is 3. The molecule has 0 spiro atoms. The molecule has 0 saturated carbocycles. The highest BCUT2D eigenvalue weighted by molar-refractivity contribution is 6.03. The second-order valence-corrected chi connectivity index (χ2v) is 6.63. The third kappa shape index (κ3) is 5.78. The fourth-order valence-electron chi connectivity index (χ4n) is 3.05. The Kier molecular flexibility index (Phi) is 7.16. The third-order valence-electron chi connectivity index (χ3n) is 4.71. The van der Waals surface area contributed by atoms with Crippen LogP contribution in [0.5, 0.6) is 0 Å². The number of hydrogen-bond donors (Lipinski definition) is 2. The van der Waals surface area contributed by atoms with Gasteiger partial charge >= 0.3 is 0 Å². The Labute approximate surface area is 172 Å². The second-order valence-electron chi connectivity index (χ2n) is 6.63. The summed E-state index contributed by atoms with van der Waals surface area (Å²) < 4.78 is 0. The van der Waals surface area contributed by atoms with Gasteiger partial charge < -0.3 is 15.5 Å². The van der Waals surface area contributed by atoms with Crippen LogP contribution in [0.3, 0.4) is 0 Å². The first kappa shape index (κ1) is 20.3. The Morgan fingerprint density at radius 1 is 0.931 bits per heavy atom. The van der Waals surface area contributed by atoms with Crippen molar-refractivity contribution in [2.75, 3.05) is 35.2 Å². The molecule has 6 heteroatoms. The Morgan fingerprint density at radius 2 is 1.59 bits per heavy atom. The summed E-state index contributed by atoms with van der Waals surface area (Å²) in [5, 5.41) is 6.06. The van der Waals surface area contributed by atoms with Gasteiger partial charge in [-0.15, -0.1) is 0 Å². The summed E-state index contributed by atoms with van der Waals surface area (Å²) in [6, 6.07) is 18.1. The number of amides is 1. The van der Waals surface area contributed by atoms with Crippen LogP contribution in [0.1, 0.15) is 29.8 Å².